The van der Waals surface area contributed by atoms with Gasteiger partial charge >= 0.3 is 5.97 Å². The van der Waals surface area contributed by atoms with E-state index >= 15 is 0 Å². The molecule has 0 atom stereocenters. The largest absolute Gasteiger partial charge is 0.465 e. The summed E-state index contributed by atoms with van der Waals surface area (Å²) in [5.41, 5.74) is -0.795. The summed E-state index contributed by atoms with van der Waals surface area (Å²) in [7, 11) is 1.10. The third kappa shape index (κ3) is 2.27. The van der Waals surface area contributed by atoms with Crippen molar-refractivity contribution in [1.29, 1.82) is 5.26 Å². The predicted molar refractivity (Wildman–Crippen MR) is 61.9 cm³/mol. The lowest BCUT2D eigenvalue weighted by Gasteiger charge is -2.03. The van der Waals surface area contributed by atoms with Crippen molar-refractivity contribution in [1.82, 2.24) is 0 Å². The van der Waals surface area contributed by atoms with Gasteiger partial charge in [0.25, 0.3) is 5.69 Å². The van der Waals surface area contributed by atoms with Crippen LogP contribution in [0, 0.1) is 25.0 Å². The number of ether oxygens (including phenoxy) is 1. The lowest BCUT2D eigenvalue weighted by Crippen LogP contribution is -2.08. The summed E-state index contributed by atoms with van der Waals surface area (Å²) in [5.74, 6) is -0.889. The van der Waals surface area contributed by atoms with Crippen LogP contribution in [0.25, 0.3) is 0 Å². The van der Waals surface area contributed by atoms with Crippen molar-refractivity contribution in [2.75, 3.05) is 7.11 Å². The Bertz CT molecular complexity index is 507. The number of rotatable bonds is 2. The zero-order valence-corrected chi connectivity index (χ0v) is 10.2. The molecule has 0 amide bonds. The summed E-state index contributed by atoms with van der Waals surface area (Å²) in [4.78, 5) is 21.4. The van der Waals surface area contributed by atoms with Crippen molar-refractivity contribution in [2.45, 2.75) is 0 Å². The van der Waals surface area contributed by atoms with Gasteiger partial charge in [0, 0.05) is 9.64 Å². The van der Waals surface area contributed by atoms with E-state index in [1.54, 1.807) is 6.07 Å². The van der Waals surface area contributed by atoms with Crippen LogP contribution in [0.2, 0.25) is 0 Å². The smallest absolute Gasteiger partial charge is 0.346 e. The molecule has 1 rings (SSSR count). The van der Waals surface area contributed by atoms with Gasteiger partial charge in [-0.25, -0.2) is 4.79 Å². The second kappa shape index (κ2) is 4.89. The lowest BCUT2D eigenvalue weighted by molar-refractivity contribution is -0.385. The van der Waals surface area contributed by atoms with Crippen molar-refractivity contribution in [3.05, 3.63) is 36.9 Å². The first-order valence-corrected chi connectivity index (χ1v) is 5.05. The standard InChI is InChI=1S/C9H5IN2O4/c1-16-9(13)8-5(4-11)2-6(10)3-7(8)12(14)15/h2-3H,1H3. The van der Waals surface area contributed by atoms with E-state index in [2.05, 4.69) is 4.74 Å². The molecule has 0 unspecified atom stereocenters. The van der Waals surface area contributed by atoms with E-state index in [0.29, 0.717) is 3.57 Å². The average molecular weight is 332 g/mol. The maximum absolute atomic E-state index is 11.3. The van der Waals surface area contributed by atoms with Crippen LogP contribution in [0.3, 0.4) is 0 Å². The predicted octanol–water partition coefficient (Wildman–Crippen LogP) is 1.86. The molecule has 0 radical (unpaired) electrons. The van der Waals surface area contributed by atoms with E-state index in [0.717, 1.165) is 7.11 Å². The second-order valence-corrected chi connectivity index (χ2v) is 3.95. The van der Waals surface area contributed by atoms with Gasteiger partial charge in [-0.3, -0.25) is 10.1 Å². The highest BCUT2D eigenvalue weighted by molar-refractivity contribution is 14.1. The van der Waals surface area contributed by atoms with Gasteiger partial charge in [0.1, 0.15) is 6.07 Å². The number of halogens is 1. The molecule has 0 N–H and O–H groups in total. The zero-order chi connectivity index (χ0) is 12.3. The summed E-state index contributed by atoms with van der Waals surface area (Å²) < 4.78 is 4.92. The van der Waals surface area contributed by atoms with Gasteiger partial charge in [-0.2, -0.15) is 5.26 Å². The van der Waals surface area contributed by atoms with Gasteiger partial charge in [-0.1, -0.05) is 0 Å². The van der Waals surface area contributed by atoms with Crippen LogP contribution in [0.4, 0.5) is 5.69 Å². The van der Waals surface area contributed by atoms with E-state index in [1.807, 2.05) is 22.6 Å². The first-order chi connectivity index (χ1) is 7.51. The molecule has 82 valence electrons. The number of benzene rings is 1. The number of nitro groups is 1. The Morgan fingerprint density at radius 3 is 2.69 bits per heavy atom. The van der Waals surface area contributed by atoms with E-state index in [-0.39, 0.29) is 11.1 Å². The molecule has 0 aliphatic carbocycles. The van der Waals surface area contributed by atoms with Gasteiger partial charge in [0.2, 0.25) is 0 Å². The average Bonchev–Trinajstić information content (AvgIpc) is 2.26. The molecule has 0 aromatic heterocycles. The van der Waals surface area contributed by atoms with Crippen molar-refractivity contribution < 1.29 is 14.5 Å². The molecule has 6 nitrogen and oxygen atoms in total. The quantitative estimate of drug-likeness (QED) is 0.357. The highest BCUT2D eigenvalue weighted by Gasteiger charge is 2.25. The Labute approximate surface area is 104 Å². The van der Waals surface area contributed by atoms with Crippen molar-refractivity contribution in [2.24, 2.45) is 0 Å². The molecule has 0 heterocycles. The van der Waals surface area contributed by atoms with Crippen LogP contribution in [0.15, 0.2) is 12.1 Å². The van der Waals surface area contributed by atoms with E-state index < -0.39 is 16.6 Å². The highest BCUT2D eigenvalue weighted by atomic mass is 127. The number of carbonyl (C=O) groups excluding carboxylic acids is 1. The number of nitriles is 1. The molecule has 1 aromatic carbocycles. The van der Waals surface area contributed by atoms with Crippen LogP contribution >= 0.6 is 22.6 Å². The molecule has 0 aliphatic heterocycles. The molecular formula is C9H5IN2O4. The fourth-order valence-corrected chi connectivity index (χ4v) is 1.75. The molecule has 7 heteroatoms. The Balaban J connectivity index is 3.59. The first-order valence-electron chi connectivity index (χ1n) is 3.97. The number of methoxy groups -OCH3 is 1. The molecule has 0 fully saturated rings. The van der Waals surface area contributed by atoms with Crippen molar-refractivity contribution >= 4 is 34.2 Å². The molecule has 1 aromatic rings. The molecule has 0 aliphatic rings. The number of nitro benzene ring substituents is 1. The number of nitrogens with zero attached hydrogens (tertiary/aromatic N) is 2. The maximum atomic E-state index is 11.3. The van der Waals surface area contributed by atoms with Crippen LogP contribution in [-0.4, -0.2) is 18.0 Å². The number of carbonyl (C=O) groups is 1. The number of hydrogen-bond acceptors (Lipinski definition) is 5. The number of hydrogen-bond donors (Lipinski definition) is 0. The molecule has 0 saturated heterocycles. The number of esters is 1. The SMILES string of the molecule is COC(=O)c1c(C#N)cc(I)cc1[N+](=O)[O-]. The van der Waals surface area contributed by atoms with Crippen LogP contribution in [0.1, 0.15) is 15.9 Å². The summed E-state index contributed by atoms with van der Waals surface area (Å²) in [6, 6.07) is 4.34. The maximum Gasteiger partial charge on any atom is 0.346 e. The van der Waals surface area contributed by atoms with Gasteiger partial charge < -0.3 is 4.74 Å². The van der Waals surface area contributed by atoms with Crippen molar-refractivity contribution in [3.8, 4) is 6.07 Å². The molecular weight excluding hydrogens is 327 g/mol. The second-order valence-electron chi connectivity index (χ2n) is 2.71. The molecule has 0 saturated carbocycles. The fraction of sp³-hybridized carbons (Fsp3) is 0.111. The van der Waals surface area contributed by atoms with Crippen LogP contribution in [0.5, 0.6) is 0 Å². The molecule has 16 heavy (non-hydrogen) atoms. The van der Waals surface area contributed by atoms with Crippen LogP contribution in [-0.2, 0) is 4.74 Å². The summed E-state index contributed by atoms with van der Waals surface area (Å²) in [5, 5.41) is 19.6. The Hall–Kier alpha value is -1.69. The first kappa shape index (κ1) is 12.4. The molecule has 0 bridgehead atoms. The third-order valence-corrected chi connectivity index (χ3v) is 2.41. The zero-order valence-electron chi connectivity index (χ0n) is 8.06. The summed E-state index contributed by atoms with van der Waals surface area (Å²) in [6.07, 6.45) is 0. The minimum Gasteiger partial charge on any atom is -0.465 e. The van der Waals surface area contributed by atoms with Gasteiger partial charge in [-0.05, 0) is 28.7 Å². The Kier molecular flexibility index (Phi) is 3.78. The van der Waals surface area contributed by atoms with Crippen LogP contribution < -0.4 is 0 Å². The third-order valence-electron chi connectivity index (χ3n) is 1.79. The van der Waals surface area contributed by atoms with E-state index in [1.165, 1.54) is 12.1 Å². The Morgan fingerprint density at radius 1 is 1.62 bits per heavy atom. The summed E-state index contributed by atoms with van der Waals surface area (Å²) in [6.45, 7) is 0. The van der Waals surface area contributed by atoms with Gasteiger partial charge in [0.05, 0.1) is 17.6 Å². The topological polar surface area (TPSA) is 93.2 Å². The van der Waals surface area contributed by atoms with E-state index in [4.69, 9.17) is 5.26 Å². The lowest BCUT2D eigenvalue weighted by atomic mass is 10.1. The van der Waals surface area contributed by atoms with Gasteiger partial charge in [0.15, 0.2) is 5.56 Å². The molecule has 0 spiro atoms. The highest BCUT2D eigenvalue weighted by Crippen LogP contribution is 2.26. The summed E-state index contributed by atoms with van der Waals surface area (Å²) >= 11 is 1.83. The van der Waals surface area contributed by atoms with Gasteiger partial charge in [-0.15, -0.1) is 0 Å². The minimum atomic E-state index is -0.889. The minimum absolute atomic E-state index is 0.0644. The normalized spacial score (nSPS) is 9.31. The fourth-order valence-electron chi connectivity index (χ4n) is 1.14. The Morgan fingerprint density at radius 2 is 2.25 bits per heavy atom. The van der Waals surface area contributed by atoms with E-state index in [9.17, 15) is 14.9 Å². The van der Waals surface area contributed by atoms with Crippen molar-refractivity contribution in [3.63, 3.8) is 0 Å². The monoisotopic (exact) mass is 332 g/mol.